The molecule has 1 aliphatic heterocycles. The monoisotopic (exact) mass is 346 g/mol. The fourth-order valence-electron chi connectivity index (χ4n) is 3.34. The minimum absolute atomic E-state index is 0.0233. The van der Waals surface area contributed by atoms with E-state index in [2.05, 4.69) is 17.6 Å². The minimum Gasteiger partial charge on any atom is -0.481 e. The van der Waals surface area contributed by atoms with E-state index in [1.807, 2.05) is 24.4 Å². The molecule has 1 saturated heterocycles. The second-order valence-electron chi connectivity index (χ2n) is 6.05. The van der Waals surface area contributed by atoms with Crippen LogP contribution in [0.5, 0.6) is 0 Å². The van der Waals surface area contributed by atoms with Gasteiger partial charge in [-0.05, 0) is 18.6 Å². The Morgan fingerprint density at radius 3 is 2.88 bits per heavy atom. The van der Waals surface area contributed by atoms with Gasteiger partial charge in [0.25, 0.3) is 0 Å². The number of carbonyl (C=O) groups is 2. The van der Waals surface area contributed by atoms with Gasteiger partial charge in [-0.25, -0.2) is 0 Å². The second-order valence-corrected chi connectivity index (χ2v) is 7.20. The highest BCUT2D eigenvalue weighted by Gasteiger charge is 2.29. The summed E-state index contributed by atoms with van der Waals surface area (Å²) in [6.45, 7) is 3.58. The van der Waals surface area contributed by atoms with Gasteiger partial charge in [0.05, 0.1) is 18.9 Å². The summed E-state index contributed by atoms with van der Waals surface area (Å²) >= 11 is 1.72. The molecular formula is C18H22N2O3S. The molecular weight excluding hydrogens is 324 g/mol. The number of hydrogen-bond acceptors (Lipinski definition) is 3. The minimum atomic E-state index is -0.845. The molecule has 0 aliphatic carbocycles. The Hall–Kier alpha value is -1.95. The van der Waals surface area contributed by atoms with E-state index < -0.39 is 5.97 Å². The van der Waals surface area contributed by atoms with Crippen molar-refractivity contribution in [1.29, 1.82) is 0 Å². The van der Waals surface area contributed by atoms with Crippen molar-refractivity contribution >= 4 is 34.5 Å². The number of rotatable bonds is 5. The summed E-state index contributed by atoms with van der Waals surface area (Å²) < 4.78 is 2.15. The largest absolute Gasteiger partial charge is 0.481 e. The molecule has 3 rings (SSSR count). The molecule has 128 valence electrons. The Bertz CT molecular complexity index is 756. The normalized spacial score (nSPS) is 18.0. The number of aromatic nitrogens is 1. The zero-order valence-electron chi connectivity index (χ0n) is 13.8. The van der Waals surface area contributed by atoms with E-state index in [1.54, 1.807) is 16.7 Å². The SMILES string of the molecule is CCn1cc(CC(=O)N2CCSCC2CC(=O)O)c2ccccc21. The zero-order chi connectivity index (χ0) is 17.1. The number of para-hydroxylation sites is 1. The number of carbonyl (C=O) groups excluding carboxylic acids is 1. The van der Waals surface area contributed by atoms with Crippen molar-refractivity contribution in [3.05, 3.63) is 36.0 Å². The van der Waals surface area contributed by atoms with Crippen LogP contribution in [0.4, 0.5) is 0 Å². The van der Waals surface area contributed by atoms with Gasteiger partial charge in [0.2, 0.25) is 5.91 Å². The number of fused-ring (bicyclic) bond motifs is 1. The topological polar surface area (TPSA) is 62.5 Å². The molecule has 1 aromatic heterocycles. The molecule has 24 heavy (non-hydrogen) atoms. The fraction of sp³-hybridized carbons (Fsp3) is 0.444. The number of hydrogen-bond donors (Lipinski definition) is 1. The zero-order valence-corrected chi connectivity index (χ0v) is 14.6. The van der Waals surface area contributed by atoms with E-state index in [1.165, 1.54) is 0 Å². The summed E-state index contributed by atoms with van der Waals surface area (Å²) in [5, 5.41) is 10.2. The number of amides is 1. The molecule has 1 N–H and O–H groups in total. The molecule has 2 aromatic rings. The molecule has 1 fully saturated rings. The molecule has 1 atom stereocenters. The number of nitrogens with zero attached hydrogens (tertiary/aromatic N) is 2. The summed E-state index contributed by atoms with van der Waals surface area (Å²) in [5.41, 5.74) is 2.16. The van der Waals surface area contributed by atoms with Crippen molar-refractivity contribution < 1.29 is 14.7 Å². The first-order chi connectivity index (χ1) is 11.6. The highest BCUT2D eigenvalue weighted by Crippen LogP contribution is 2.24. The molecule has 0 spiro atoms. The van der Waals surface area contributed by atoms with Gasteiger partial charge in [-0.3, -0.25) is 9.59 Å². The summed E-state index contributed by atoms with van der Waals surface area (Å²) in [6, 6.07) is 7.90. The Labute approximate surface area is 145 Å². The molecule has 5 nitrogen and oxygen atoms in total. The summed E-state index contributed by atoms with van der Waals surface area (Å²) in [6.07, 6.45) is 2.40. The van der Waals surface area contributed by atoms with Crippen molar-refractivity contribution in [3.63, 3.8) is 0 Å². The van der Waals surface area contributed by atoms with Gasteiger partial charge in [0.15, 0.2) is 0 Å². The van der Waals surface area contributed by atoms with E-state index in [0.717, 1.165) is 28.8 Å². The maximum absolute atomic E-state index is 12.8. The van der Waals surface area contributed by atoms with Crippen LogP contribution in [0.15, 0.2) is 30.5 Å². The predicted octanol–water partition coefficient (Wildman–Crippen LogP) is 2.62. The van der Waals surface area contributed by atoms with Gasteiger partial charge in [-0.1, -0.05) is 18.2 Å². The van der Waals surface area contributed by atoms with Crippen LogP contribution in [0, 0.1) is 0 Å². The summed E-state index contributed by atoms with van der Waals surface area (Å²) in [7, 11) is 0. The maximum Gasteiger partial charge on any atom is 0.305 e. The fourth-order valence-corrected chi connectivity index (χ4v) is 4.41. The molecule has 0 saturated carbocycles. The number of aliphatic carboxylic acids is 1. The molecule has 1 aliphatic rings. The first kappa shape index (κ1) is 16.9. The van der Waals surface area contributed by atoms with Gasteiger partial charge < -0.3 is 14.6 Å². The Morgan fingerprint density at radius 2 is 2.12 bits per heavy atom. The number of carboxylic acids is 1. The molecule has 1 amide bonds. The highest BCUT2D eigenvalue weighted by molar-refractivity contribution is 7.99. The van der Waals surface area contributed by atoms with E-state index >= 15 is 0 Å². The van der Waals surface area contributed by atoms with Gasteiger partial charge >= 0.3 is 5.97 Å². The predicted molar refractivity (Wildman–Crippen MR) is 96.4 cm³/mol. The van der Waals surface area contributed by atoms with Crippen LogP contribution in [0.1, 0.15) is 18.9 Å². The van der Waals surface area contributed by atoms with Gasteiger partial charge in [-0.15, -0.1) is 0 Å². The molecule has 2 heterocycles. The van der Waals surface area contributed by atoms with E-state index in [-0.39, 0.29) is 18.4 Å². The quantitative estimate of drug-likeness (QED) is 0.904. The van der Waals surface area contributed by atoms with Crippen LogP contribution >= 0.6 is 11.8 Å². The van der Waals surface area contributed by atoms with Crippen LogP contribution in [-0.2, 0) is 22.6 Å². The standard InChI is InChI=1S/C18H22N2O3S/c1-2-19-11-13(15-5-3-4-6-16(15)19)9-17(21)20-7-8-24-12-14(20)10-18(22)23/h3-6,11,14H,2,7-10,12H2,1H3,(H,22,23). The van der Waals surface area contributed by atoms with Crippen molar-refractivity contribution in [2.24, 2.45) is 0 Å². The molecule has 1 aromatic carbocycles. The lowest BCUT2D eigenvalue weighted by molar-refractivity contribution is -0.140. The Kier molecular flexibility index (Phi) is 5.14. The number of thioether (sulfide) groups is 1. The first-order valence-corrected chi connectivity index (χ1v) is 9.41. The van der Waals surface area contributed by atoms with Crippen molar-refractivity contribution in [2.45, 2.75) is 32.4 Å². The van der Waals surface area contributed by atoms with Crippen molar-refractivity contribution in [2.75, 3.05) is 18.1 Å². The van der Waals surface area contributed by atoms with Crippen LogP contribution in [0.3, 0.4) is 0 Å². The third kappa shape index (κ3) is 3.43. The summed E-state index contributed by atoms with van der Waals surface area (Å²) in [5.74, 6) is 0.760. The third-order valence-corrected chi connectivity index (χ3v) is 5.60. The Morgan fingerprint density at radius 1 is 1.33 bits per heavy atom. The molecule has 0 radical (unpaired) electrons. The molecule has 0 bridgehead atoms. The van der Waals surface area contributed by atoms with Gasteiger partial charge in [-0.2, -0.15) is 11.8 Å². The van der Waals surface area contributed by atoms with E-state index in [0.29, 0.717) is 18.7 Å². The van der Waals surface area contributed by atoms with E-state index in [9.17, 15) is 9.59 Å². The average molecular weight is 346 g/mol. The number of aryl methyl sites for hydroxylation is 1. The number of benzene rings is 1. The first-order valence-electron chi connectivity index (χ1n) is 8.26. The number of carboxylic acid groups (broad SMARTS) is 1. The van der Waals surface area contributed by atoms with Crippen LogP contribution in [-0.4, -0.2) is 50.5 Å². The van der Waals surface area contributed by atoms with Crippen molar-refractivity contribution in [1.82, 2.24) is 9.47 Å². The average Bonchev–Trinajstić information content (AvgIpc) is 2.93. The summed E-state index contributed by atoms with van der Waals surface area (Å²) in [4.78, 5) is 25.6. The molecule has 1 unspecified atom stereocenters. The van der Waals surface area contributed by atoms with Crippen LogP contribution in [0.2, 0.25) is 0 Å². The lowest BCUT2D eigenvalue weighted by atomic mass is 10.1. The van der Waals surface area contributed by atoms with Crippen LogP contribution < -0.4 is 0 Å². The highest BCUT2D eigenvalue weighted by atomic mass is 32.2. The third-order valence-electron chi connectivity index (χ3n) is 4.51. The Balaban J connectivity index is 1.82. The lowest BCUT2D eigenvalue weighted by Crippen LogP contribution is -2.47. The lowest BCUT2D eigenvalue weighted by Gasteiger charge is -2.34. The van der Waals surface area contributed by atoms with Gasteiger partial charge in [0.1, 0.15) is 0 Å². The van der Waals surface area contributed by atoms with E-state index in [4.69, 9.17) is 5.11 Å². The smallest absolute Gasteiger partial charge is 0.305 e. The van der Waals surface area contributed by atoms with Gasteiger partial charge in [0, 0.05) is 41.7 Å². The molecule has 6 heteroatoms. The maximum atomic E-state index is 12.8. The van der Waals surface area contributed by atoms with Crippen LogP contribution in [0.25, 0.3) is 10.9 Å². The van der Waals surface area contributed by atoms with Crippen molar-refractivity contribution in [3.8, 4) is 0 Å². The second kappa shape index (κ2) is 7.30.